The molecule has 0 spiro atoms. The van der Waals surface area contributed by atoms with Crippen LogP contribution >= 0.6 is 0 Å². The van der Waals surface area contributed by atoms with Gasteiger partial charge in [-0.2, -0.15) is 0 Å². The summed E-state index contributed by atoms with van der Waals surface area (Å²) in [6, 6.07) is 0. The summed E-state index contributed by atoms with van der Waals surface area (Å²) in [5.41, 5.74) is 0.552. The molecule has 1 saturated carbocycles. The summed E-state index contributed by atoms with van der Waals surface area (Å²) in [7, 11) is 0. The molecule has 0 heteroatoms. The summed E-state index contributed by atoms with van der Waals surface area (Å²) in [6.45, 7) is 11.9. The van der Waals surface area contributed by atoms with E-state index < -0.39 is 0 Å². The van der Waals surface area contributed by atoms with Crippen LogP contribution in [0.2, 0.25) is 0 Å². The van der Waals surface area contributed by atoms with Gasteiger partial charge in [-0.25, -0.2) is 0 Å². The highest BCUT2D eigenvalue weighted by Crippen LogP contribution is 2.60. The second-order valence-corrected chi connectivity index (χ2v) is 6.50. The zero-order valence-corrected chi connectivity index (χ0v) is 11.5. The molecule has 0 aliphatic heterocycles. The highest BCUT2D eigenvalue weighted by Gasteiger charge is 2.53. The first-order chi connectivity index (χ1) is 7.02. The lowest BCUT2D eigenvalue weighted by atomic mass is 9.87. The molecule has 0 aromatic rings. The first-order valence-corrected chi connectivity index (χ1v) is 7.02. The van der Waals surface area contributed by atoms with Crippen LogP contribution in [0.5, 0.6) is 0 Å². The van der Waals surface area contributed by atoms with Gasteiger partial charge in [0.15, 0.2) is 0 Å². The third kappa shape index (κ3) is 3.50. The van der Waals surface area contributed by atoms with Crippen molar-refractivity contribution in [3.8, 4) is 0 Å². The van der Waals surface area contributed by atoms with Crippen molar-refractivity contribution in [1.82, 2.24) is 0 Å². The molecule has 90 valence electrons. The van der Waals surface area contributed by atoms with Gasteiger partial charge in [0.2, 0.25) is 0 Å². The van der Waals surface area contributed by atoms with Crippen LogP contribution in [0.1, 0.15) is 73.1 Å². The lowest BCUT2D eigenvalue weighted by molar-refractivity contribution is 0.310. The van der Waals surface area contributed by atoms with Crippen molar-refractivity contribution in [2.45, 2.75) is 73.1 Å². The molecule has 0 aromatic heterocycles. The average Bonchev–Trinajstić information content (AvgIpc) is 2.84. The average molecular weight is 210 g/mol. The van der Waals surface area contributed by atoms with Crippen molar-refractivity contribution in [3.05, 3.63) is 0 Å². The molecule has 1 rings (SSSR count). The minimum Gasteiger partial charge on any atom is -0.0654 e. The smallest absolute Gasteiger partial charge is 0.0303 e. The first kappa shape index (κ1) is 13.1. The van der Waals surface area contributed by atoms with Crippen molar-refractivity contribution >= 4 is 0 Å². The molecule has 1 aliphatic carbocycles. The Morgan fingerprint density at radius 2 is 1.20 bits per heavy atom. The Balaban J connectivity index is 2.40. The Kier molecular flexibility index (Phi) is 4.67. The van der Waals surface area contributed by atoms with Crippen molar-refractivity contribution in [2.75, 3.05) is 0 Å². The predicted octanol–water partition coefficient (Wildman–Crippen LogP) is 5.28. The van der Waals surface area contributed by atoms with E-state index in [1.165, 1.54) is 38.5 Å². The van der Waals surface area contributed by atoms with Crippen molar-refractivity contribution in [3.63, 3.8) is 0 Å². The molecule has 0 aromatic carbocycles. The van der Waals surface area contributed by atoms with Gasteiger partial charge in [-0.05, 0) is 36.0 Å². The summed E-state index contributed by atoms with van der Waals surface area (Å²) < 4.78 is 0. The van der Waals surface area contributed by atoms with Gasteiger partial charge in [0.25, 0.3) is 0 Å². The highest BCUT2D eigenvalue weighted by molar-refractivity contribution is 5.02. The first-order valence-electron chi connectivity index (χ1n) is 7.02. The molecule has 0 bridgehead atoms. The monoisotopic (exact) mass is 210 g/mol. The molecular formula is C15H30. The molecule has 2 atom stereocenters. The minimum atomic E-state index is 0.552. The number of unbranched alkanes of at least 4 members (excludes halogenated alkanes) is 2. The van der Waals surface area contributed by atoms with E-state index in [-0.39, 0.29) is 0 Å². The molecule has 2 unspecified atom stereocenters. The maximum absolute atomic E-state index is 2.43. The summed E-state index contributed by atoms with van der Waals surface area (Å²) >= 11 is 0. The molecule has 15 heavy (non-hydrogen) atoms. The van der Waals surface area contributed by atoms with Gasteiger partial charge in [-0.3, -0.25) is 0 Å². The molecule has 0 N–H and O–H groups in total. The molecule has 0 saturated heterocycles. The Hall–Kier alpha value is 0. The molecule has 0 radical (unpaired) electrons. The van der Waals surface area contributed by atoms with E-state index in [0.29, 0.717) is 5.41 Å². The van der Waals surface area contributed by atoms with E-state index >= 15 is 0 Å². The fourth-order valence-corrected chi connectivity index (χ4v) is 3.40. The van der Waals surface area contributed by atoms with Crippen LogP contribution in [0, 0.1) is 23.2 Å². The Morgan fingerprint density at radius 3 is 1.47 bits per heavy atom. The standard InChI is InChI=1S/C15H30/c1-6-8-10-12-13(11-9-7-2)14(12)15(3,4)5/h12-14H,6-11H2,1-5H3. The van der Waals surface area contributed by atoms with Gasteiger partial charge in [0.05, 0.1) is 0 Å². The van der Waals surface area contributed by atoms with Crippen molar-refractivity contribution in [2.24, 2.45) is 23.2 Å². The largest absolute Gasteiger partial charge is 0.0654 e. The van der Waals surface area contributed by atoms with Gasteiger partial charge >= 0.3 is 0 Å². The molecule has 0 amide bonds. The zero-order chi connectivity index (χ0) is 11.5. The zero-order valence-electron chi connectivity index (χ0n) is 11.5. The van der Waals surface area contributed by atoms with Crippen LogP contribution < -0.4 is 0 Å². The van der Waals surface area contributed by atoms with Crippen molar-refractivity contribution in [1.29, 1.82) is 0 Å². The SMILES string of the molecule is CCCCC1C(CCCC)C1C(C)(C)C. The maximum Gasteiger partial charge on any atom is -0.0303 e. The van der Waals surface area contributed by atoms with Crippen LogP contribution in [0.25, 0.3) is 0 Å². The predicted molar refractivity (Wildman–Crippen MR) is 69.0 cm³/mol. The molecular weight excluding hydrogens is 180 g/mol. The fraction of sp³-hybridized carbons (Fsp3) is 1.00. The van der Waals surface area contributed by atoms with E-state index in [9.17, 15) is 0 Å². The molecule has 0 nitrogen and oxygen atoms in total. The Bertz CT molecular complexity index is 161. The summed E-state index contributed by atoms with van der Waals surface area (Å²) in [5.74, 6) is 3.16. The summed E-state index contributed by atoms with van der Waals surface area (Å²) in [5, 5.41) is 0. The van der Waals surface area contributed by atoms with E-state index in [4.69, 9.17) is 0 Å². The number of rotatable bonds is 6. The van der Waals surface area contributed by atoms with Crippen LogP contribution in [0.3, 0.4) is 0 Å². The van der Waals surface area contributed by atoms with Crippen molar-refractivity contribution < 1.29 is 0 Å². The second kappa shape index (κ2) is 5.37. The lowest BCUT2D eigenvalue weighted by Crippen LogP contribution is -2.10. The summed E-state index contributed by atoms with van der Waals surface area (Å²) in [4.78, 5) is 0. The van der Waals surface area contributed by atoms with Crippen LogP contribution in [-0.2, 0) is 0 Å². The fourth-order valence-electron chi connectivity index (χ4n) is 3.40. The second-order valence-electron chi connectivity index (χ2n) is 6.50. The highest BCUT2D eigenvalue weighted by atomic mass is 14.6. The quantitative estimate of drug-likeness (QED) is 0.560. The van der Waals surface area contributed by atoms with Gasteiger partial charge in [-0.1, -0.05) is 60.3 Å². The van der Waals surface area contributed by atoms with Gasteiger partial charge < -0.3 is 0 Å². The maximum atomic E-state index is 2.43. The van der Waals surface area contributed by atoms with Crippen LogP contribution in [0.4, 0.5) is 0 Å². The van der Waals surface area contributed by atoms with Gasteiger partial charge in [0.1, 0.15) is 0 Å². The normalized spacial score (nSPS) is 30.6. The van der Waals surface area contributed by atoms with Gasteiger partial charge in [-0.15, -0.1) is 0 Å². The lowest BCUT2D eigenvalue weighted by Gasteiger charge is -2.19. The third-order valence-electron chi connectivity index (χ3n) is 4.11. The molecule has 0 heterocycles. The van der Waals surface area contributed by atoms with E-state index in [1.54, 1.807) is 0 Å². The third-order valence-corrected chi connectivity index (χ3v) is 4.11. The Morgan fingerprint density at radius 1 is 0.800 bits per heavy atom. The number of hydrogen-bond donors (Lipinski definition) is 0. The van der Waals surface area contributed by atoms with E-state index in [0.717, 1.165) is 17.8 Å². The Labute approximate surface area is 96.8 Å². The number of hydrogen-bond acceptors (Lipinski definition) is 0. The van der Waals surface area contributed by atoms with E-state index in [1.807, 2.05) is 0 Å². The summed E-state index contributed by atoms with van der Waals surface area (Å²) in [6.07, 6.45) is 8.61. The van der Waals surface area contributed by atoms with Crippen LogP contribution in [0.15, 0.2) is 0 Å². The van der Waals surface area contributed by atoms with Gasteiger partial charge in [0, 0.05) is 0 Å². The molecule has 1 aliphatic rings. The minimum absolute atomic E-state index is 0.552. The topological polar surface area (TPSA) is 0 Å². The van der Waals surface area contributed by atoms with Crippen LogP contribution in [-0.4, -0.2) is 0 Å². The van der Waals surface area contributed by atoms with E-state index in [2.05, 4.69) is 34.6 Å². The molecule has 1 fully saturated rings.